The Morgan fingerprint density at radius 2 is 1.76 bits per heavy atom. The number of hydrogen-bond donors (Lipinski definition) is 1. The van der Waals surface area contributed by atoms with Gasteiger partial charge in [0.1, 0.15) is 6.04 Å². The van der Waals surface area contributed by atoms with Crippen LogP contribution in [0, 0.1) is 0 Å². The minimum absolute atomic E-state index is 0.134. The molecule has 2 aromatic carbocycles. The molecule has 0 spiro atoms. The van der Waals surface area contributed by atoms with Gasteiger partial charge in [-0.15, -0.1) is 0 Å². The fraction of sp³-hybridized carbons (Fsp3) is 0.263. The van der Waals surface area contributed by atoms with Gasteiger partial charge in [-0.25, -0.2) is 0 Å². The standard InChI is InChI=1S/C19H19ClN2O3/c20-16-8-4-7-15(13-16)18(23)21-17(14-5-2-1-3-6-14)19(24)22-9-11-25-12-10-22/h1-8,13,17H,9-12H2,(H,21,23)/t17-/m0/s1. The van der Waals surface area contributed by atoms with Crippen molar-refractivity contribution in [1.82, 2.24) is 10.2 Å². The lowest BCUT2D eigenvalue weighted by atomic mass is 10.0. The minimum atomic E-state index is -0.745. The molecule has 1 aliphatic rings. The van der Waals surface area contributed by atoms with E-state index in [2.05, 4.69) is 5.32 Å². The minimum Gasteiger partial charge on any atom is -0.378 e. The summed E-state index contributed by atoms with van der Waals surface area (Å²) in [6, 6.07) is 15.2. The average Bonchev–Trinajstić information content (AvgIpc) is 2.67. The van der Waals surface area contributed by atoms with Crippen molar-refractivity contribution in [1.29, 1.82) is 0 Å². The van der Waals surface area contributed by atoms with Gasteiger partial charge in [-0.2, -0.15) is 0 Å². The summed E-state index contributed by atoms with van der Waals surface area (Å²) < 4.78 is 5.30. The normalized spacial score (nSPS) is 15.5. The van der Waals surface area contributed by atoms with Crippen molar-refractivity contribution in [2.45, 2.75) is 6.04 Å². The quantitative estimate of drug-likeness (QED) is 0.914. The molecule has 1 atom stereocenters. The Kier molecular flexibility index (Phi) is 5.68. The van der Waals surface area contributed by atoms with Crippen molar-refractivity contribution >= 4 is 23.4 Å². The van der Waals surface area contributed by atoms with Gasteiger partial charge in [0.2, 0.25) is 5.91 Å². The second kappa shape index (κ2) is 8.14. The van der Waals surface area contributed by atoms with Crippen molar-refractivity contribution in [2.24, 2.45) is 0 Å². The highest BCUT2D eigenvalue weighted by molar-refractivity contribution is 6.31. The number of carbonyl (C=O) groups is 2. The van der Waals surface area contributed by atoms with Crippen LogP contribution in [0.25, 0.3) is 0 Å². The van der Waals surface area contributed by atoms with Crippen molar-refractivity contribution < 1.29 is 14.3 Å². The van der Waals surface area contributed by atoms with E-state index < -0.39 is 6.04 Å². The molecule has 1 N–H and O–H groups in total. The summed E-state index contributed by atoms with van der Waals surface area (Å²) in [5, 5.41) is 3.32. The number of nitrogens with zero attached hydrogens (tertiary/aromatic N) is 1. The van der Waals surface area contributed by atoms with Gasteiger partial charge < -0.3 is 15.0 Å². The van der Waals surface area contributed by atoms with Crippen LogP contribution in [0.3, 0.4) is 0 Å². The van der Waals surface area contributed by atoms with Crippen molar-refractivity contribution in [3.05, 3.63) is 70.7 Å². The highest BCUT2D eigenvalue weighted by Gasteiger charge is 2.28. The third-order valence-corrected chi connectivity index (χ3v) is 4.30. The van der Waals surface area contributed by atoms with Gasteiger partial charge in [-0.3, -0.25) is 9.59 Å². The summed E-state index contributed by atoms with van der Waals surface area (Å²) >= 11 is 5.96. The van der Waals surface area contributed by atoms with Gasteiger partial charge in [0, 0.05) is 23.7 Å². The van der Waals surface area contributed by atoms with E-state index in [9.17, 15) is 9.59 Å². The van der Waals surface area contributed by atoms with E-state index in [1.807, 2.05) is 30.3 Å². The van der Waals surface area contributed by atoms with Crippen molar-refractivity contribution in [3.8, 4) is 0 Å². The maximum atomic E-state index is 13.0. The lowest BCUT2D eigenvalue weighted by Gasteiger charge is -2.31. The molecule has 0 aliphatic carbocycles. The first-order chi connectivity index (χ1) is 12.1. The summed E-state index contributed by atoms with van der Waals surface area (Å²) in [5.74, 6) is -0.470. The summed E-state index contributed by atoms with van der Waals surface area (Å²) in [7, 11) is 0. The number of benzene rings is 2. The second-order valence-corrected chi connectivity index (χ2v) is 6.20. The van der Waals surface area contributed by atoms with E-state index in [0.29, 0.717) is 36.9 Å². The number of amides is 2. The molecule has 0 saturated carbocycles. The molecule has 2 amide bonds. The van der Waals surface area contributed by atoms with E-state index in [-0.39, 0.29) is 11.8 Å². The summed E-state index contributed by atoms with van der Waals surface area (Å²) in [6.45, 7) is 2.06. The lowest BCUT2D eigenvalue weighted by Crippen LogP contribution is -2.47. The number of nitrogens with one attached hydrogen (secondary N) is 1. The Bertz CT molecular complexity index is 745. The highest BCUT2D eigenvalue weighted by atomic mass is 35.5. The average molecular weight is 359 g/mol. The van der Waals surface area contributed by atoms with Gasteiger partial charge in [0.05, 0.1) is 13.2 Å². The molecule has 3 rings (SSSR count). The zero-order valence-electron chi connectivity index (χ0n) is 13.7. The lowest BCUT2D eigenvalue weighted by molar-refractivity contribution is -0.137. The Labute approximate surface area is 151 Å². The molecule has 0 bridgehead atoms. The Morgan fingerprint density at radius 3 is 2.44 bits per heavy atom. The summed E-state index contributed by atoms with van der Waals surface area (Å²) in [4.78, 5) is 27.3. The van der Waals surface area contributed by atoms with Crippen LogP contribution in [0.2, 0.25) is 5.02 Å². The number of hydrogen-bond acceptors (Lipinski definition) is 3. The molecule has 130 valence electrons. The van der Waals surface area contributed by atoms with E-state index in [4.69, 9.17) is 16.3 Å². The Morgan fingerprint density at radius 1 is 1.04 bits per heavy atom. The summed E-state index contributed by atoms with van der Waals surface area (Å²) in [5.41, 5.74) is 1.16. The molecule has 2 aromatic rings. The molecular formula is C19H19ClN2O3. The van der Waals surface area contributed by atoms with Crippen LogP contribution < -0.4 is 5.32 Å². The SMILES string of the molecule is O=C(N[C@H](C(=O)N1CCOCC1)c1ccccc1)c1cccc(Cl)c1. The maximum Gasteiger partial charge on any atom is 0.252 e. The number of carbonyl (C=O) groups excluding carboxylic acids is 2. The Balaban J connectivity index is 1.83. The third kappa shape index (κ3) is 4.38. The first kappa shape index (κ1) is 17.5. The van der Waals surface area contributed by atoms with Crippen LogP contribution in [-0.4, -0.2) is 43.0 Å². The van der Waals surface area contributed by atoms with Crippen molar-refractivity contribution in [3.63, 3.8) is 0 Å². The molecule has 0 radical (unpaired) electrons. The van der Waals surface area contributed by atoms with Crippen LogP contribution >= 0.6 is 11.6 Å². The highest BCUT2D eigenvalue weighted by Crippen LogP contribution is 2.18. The molecule has 25 heavy (non-hydrogen) atoms. The predicted molar refractivity (Wildman–Crippen MR) is 95.5 cm³/mol. The maximum absolute atomic E-state index is 13.0. The molecular weight excluding hydrogens is 340 g/mol. The Hall–Kier alpha value is -2.37. The van der Waals surface area contributed by atoms with E-state index in [0.717, 1.165) is 5.56 Å². The fourth-order valence-electron chi connectivity index (χ4n) is 2.74. The number of halogens is 1. The molecule has 1 heterocycles. The second-order valence-electron chi connectivity index (χ2n) is 5.77. The molecule has 1 saturated heterocycles. The van der Waals surface area contributed by atoms with Gasteiger partial charge in [-0.05, 0) is 23.8 Å². The fourth-order valence-corrected chi connectivity index (χ4v) is 2.93. The number of ether oxygens (including phenoxy) is 1. The van der Waals surface area contributed by atoms with Crippen LogP contribution in [0.1, 0.15) is 22.0 Å². The number of rotatable bonds is 4. The number of morpholine rings is 1. The zero-order valence-corrected chi connectivity index (χ0v) is 14.4. The van der Waals surface area contributed by atoms with E-state index >= 15 is 0 Å². The predicted octanol–water partition coefficient (Wildman–Crippen LogP) is 2.67. The van der Waals surface area contributed by atoms with Gasteiger partial charge >= 0.3 is 0 Å². The van der Waals surface area contributed by atoms with Crippen molar-refractivity contribution in [2.75, 3.05) is 26.3 Å². The monoisotopic (exact) mass is 358 g/mol. The molecule has 1 fully saturated rings. The molecule has 0 unspecified atom stereocenters. The first-order valence-electron chi connectivity index (χ1n) is 8.13. The third-order valence-electron chi connectivity index (χ3n) is 4.06. The molecule has 1 aliphatic heterocycles. The zero-order chi connectivity index (χ0) is 17.6. The molecule has 5 nitrogen and oxygen atoms in total. The smallest absolute Gasteiger partial charge is 0.252 e. The van der Waals surface area contributed by atoms with Gasteiger partial charge in [0.25, 0.3) is 5.91 Å². The molecule has 6 heteroatoms. The molecule has 0 aromatic heterocycles. The largest absolute Gasteiger partial charge is 0.378 e. The topological polar surface area (TPSA) is 58.6 Å². The summed E-state index contributed by atoms with van der Waals surface area (Å²) in [6.07, 6.45) is 0. The van der Waals surface area contributed by atoms with E-state index in [1.54, 1.807) is 29.2 Å². The van der Waals surface area contributed by atoms with Gasteiger partial charge in [0.15, 0.2) is 0 Å². The van der Waals surface area contributed by atoms with E-state index in [1.165, 1.54) is 0 Å². The van der Waals surface area contributed by atoms with Crippen LogP contribution in [-0.2, 0) is 9.53 Å². The van der Waals surface area contributed by atoms with Crippen LogP contribution in [0.15, 0.2) is 54.6 Å². The first-order valence-corrected chi connectivity index (χ1v) is 8.51. The van der Waals surface area contributed by atoms with Gasteiger partial charge in [-0.1, -0.05) is 48.0 Å². The van der Waals surface area contributed by atoms with Crippen LogP contribution in [0.4, 0.5) is 0 Å². The van der Waals surface area contributed by atoms with Crippen LogP contribution in [0.5, 0.6) is 0 Å².